The molecule has 2 aromatic carbocycles. The Morgan fingerprint density at radius 1 is 1.08 bits per heavy atom. The lowest BCUT2D eigenvalue weighted by Crippen LogP contribution is -2.40. The Morgan fingerprint density at radius 2 is 1.77 bits per heavy atom. The lowest BCUT2D eigenvalue weighted by Gasteiger charge is -2.24. The minimum atomic E-state index is -4.44. The Balaban J connectivity index is 1.82. The van der Waals surface area contributed by atoms with E-state index in [1.165, 1.54) is 18.2 Å². The number of amides is 1. The molecule has 26 heavy (non-hydrogen) atoms. The number of carbonyl (C=O) groups excluding carboxylic acids is 1. The van der Waals surface area contributed by atoms with E-state index in [0.717, 1.165) is 31.1 Å². The number of halogens is 3. The standard InChI is InChI=1S/C20H17F3N2O/c21-20(22,23)17-5-2-1-4-15(17)10-7-14-8-11-16(12-9-14)25-13-3-6-18(25)19(24)26/h1-2,4-5,8-9,11-12,18H,3,6,13H2,(H2,24,26)/t18-/m1/s1. The summed E-state index contributed by atoms with van der Waals surface area (Å²) in [6.07, 6.45) is -2.82. The van der Waals surface area contributed by atoms with Crippen LogP contribution >= 0.6 is 0 Å². The average Bonchev–Trinajstić information content (AvgIpc) is 3.10. The third-order valence-electron chi connectivity index (χ3n) is 4.35. The van der Waals surface area contributed by atoms with Crippen LogP contribution in [0, 0.1) is 11.8 Å². The number of anilines is 1. The number of nitrogens with zero attached hydrogens (tertiary/aromatic N) is 1. The van der Waals surface area contributed by atoms with E-state index >= 15 is 0 Å². The number of hydrogen-bond donors (Lipinski definition) is 1. The van der Waals surface area contributed by atoms with Gasteiger partial charge >= 0.3 is 6.18 Å². The summed E-state index contributed by atoms with van der Waals surface area (Å²) in [7, 11) is 0. The molecule has 3 rings (SSSR count). The van der Waals surface area contributed by atoms with Gasteiger partial charge in [0, 0.05) is 23.4 Å². The van der Waals surface area contributed by atoms with Crippen LogP contribution in [0.4, 0.5) is 18.9 Å². The Morgan fingerprint density at radius 3 is 2.42 bits per heavy atom. The van der Waals surface area contributed by atoms with Crippen LogP contribution in [0.5, 0.6) is 0 Å². The highest BCUT2D eigenvalue weighted by molar-refractivity contribution is 5.84. The number of alkyl halides is 3. The van der Waals surface area contributed by atoms with Crippen LogP contribution in [0.25, 0.3) is 0 Å². The lowest BCUT2D eigenvalue weighted by atomic mass is 10.1. The summed E-state index contributed by atoms with van der Waals surface area (Å²) in [6, 6.07) is 12.0. The first-order valence-corrected chi connectivity index (χ1v) is 8.20. The molecule has 1 amide bonds. The maximum atomic E-state index is 13.0. The summed E-state index contributed by atoms with van der Waals surface area (Å²) in [5.41, 5.74) is 6.07. The van der Waals surface area contributed by atoms with Crippen LogP contribution < -0.4 is 10.6 Å². The van der Waals surface area contributed by atoms with Crippen LogP contribution in [-0.2, 0) is 11.0 Å². The molecule has 1 fully saturated rings. The summed E-state index contributed by atoms with van der Waals surface area (Å²) >= 11 is 0. The third-order valence-corrected chi connectivity index (χ3v) is 4.35. The van der Waals surface area contributed by atoms with Crippen LogP contribution in [0.1, 0.15) is 29.5 Å². The van der Waals surface area contributed by atoms with Gasteiger partial charge in [0.15, 0.2) is 0 Å². The minimum Gasteiger partial charge on any atom is -0.368 e. The number of benzene rings is 2. The van der Waals surface area contributed by atoms with Gasteiger partial charge in [-0.2, -0.15) is 13.2 Å². The molecule has 1 aliphatic rings. The van der Waals surface area contributed by atoms with E-state index in [1.807, 2.05) is 4.90 Å². The fourth-order valence-corrected chi connectivity index (χ4v) is 3.09. The molecular formula is C20H17F3N2O. The van der Waals surface area contributed by atoms with Gasteiger partial charge in [0.2, 0.25) is 5.91 Å². The zero-order chi connectivity index (χ0) is 18.7. The van der Waals surface area contributed by atoms with Crippen LogP contribution in [0.3, 0.4) is 0 Å². The average molecular weight is 358 g/mol. The molecule has 2 N–H and O–H groups in total. The van der Waals surface area contributed by atoms with Gasteiger partial charge in [0.05, 0.1) is 5.56 Å². The summed E-state index contributed by atoms with van der Waals surface area (Å²) in [5.74, 6) is 5.01. The topological polar surface area (TPSA) is 46.3 Å². The fourth-order valence-electron chi connectivity index (χ4n) is 3.09. The van der Waals surface area contributed by atoms with E-state index in [2.05, 4.69) is 11.8 Å². The van der Waals surface area contributed by atoms with E-state index in [-0.39, 0.29) is 17.5 Å². The Hall–Kier alpha value is -2.94. The smallest absolute Gasteiger partial charge is 0.368 e. The predicted molar refractivity (Wildman–Crippen MR) is 93.4 cm³/mol. The molecule has 2 aromatic rings. The van der Waals surface area contributed by atoms with Crippen LogP contribution in [-0.4, -0.2) is 18.5 Å². The number of nitrogens with two attached hydrogens (primary N) is 1. The van der Waals surface area contributed by atoms with Gasteiger partial charge in [-0.15, -0.1) is 0 Å². The molecule has 134 valence electrons. The van der Waals surface area contributed by atoms with Gasteiger partial charge in [0.25, 0.3) is 0 Å². The number of primary amides is 1. The highest BCUT2D eigenvalue weighted by Gasteiger charge is 2.32. The van der Waals surface area contributed by atoms with Gasteiger partial charge in [-0.3, -0.25) is 4.79 Å². The summed E-state index contributed by atoms with van der Waals surface area (Å²) in [4.78, 5) is 13.4. The predicted octanol–water partition coefficient (Wildman–Crippen LogP) is 3.56. The fraction of sp³-hybridized carbons (Fsp3) is 0.250. The molecule has 0 saturated carbocycles. The molecule has 3 nitrogen and oxygen atoms in total. The number of carbonyl (C=O) groups is 1. The van der Waals surface area contributed by atoms with Crippen molar-refractivity contribution in [1.82, 2.24) is 0 Å². The first-order chi connectivity index (χ1) is 12.4. The van der Waals surface area contributed by atoms with Gasteiger partial charge in [-0.1, -0.05) is 24.0 Å². The van der Waals surface area contributed by atoms with E-state index in [1.54, 1.807) is 24.3 Å². The SMILES string of the molecule is NC(=O)[C@H]1CCCN1c1ccc(C#Cc2ccccc2C(F)(F)F)cc1. The maximum absolute atomic E-state index is 13.0. The van der Waals surface area contributed by atoms with Crippen molar-refractivity contribution in [3.63, 3.8) is 0 Å². The molecule has 1 atom stereocenters. The van der Waals surface area contributed by atoms with Crippen molar-refractivity contribution in [3.05, 3.63) is 65.2 Å². The largest absolute Gasteiger partial charge is 0.417 e. The Labute approximate surface area is 149 Å². The van der Waals surface area contributed by atoms with Gasteiger partial charge in [-0.05, 0) is 49.2 Å². The lowest BCUT2D eigenvalue weighted by molar-refractivity contribution is -0.137. The van der Waals surface area contributed by atoms with E-state index < -0.39 is 11.7 Å². The van der Waals surface area contributed by atoms with Crippen molar-refractivity contribution >= 4 is 11.6 Å². The molecule has 0 aromatic heterocycles. The molecular weight excluding hydrogens is 341 g/mol. The molecule has 0 bridgehead atoms. The van der Waals surface area contributed by atoms with Gasteiger partial charge in [0.1, 0.15) is 6.04 Å². The van der Waals surface area contributed by atoms with Crippen molar-refractivity contribution in [1.29, 1.82) is 0 Å². The van der Waals surface area contributed by atoms with Crippen LogP contribution in [0.15, 0.2) is 48.5 Å². The minimum absolute atomic E-state index is 0.0580. The van der Waals surface area contributed by atoms with Gasteiger partial charge in [-0.25, -0.2) is 0 Å². The van der Waals surface area contributed by atoms with E-state index in [0.29, 0.717) is 5.56 Å². The van der Waals surface area contributed by atoms with E-state index in [9.17, 15) is 18.0 Å². The normalized spacial score (nSPS) is 16.9. The van der Waals surface area contributed by atoms with Crippen molar-refractivity contribution in [3.8, 4) is 11.8 Å². The van der Waals surface area contributed by atoms with Crippen molar-refractivity contribution < 1.29 is 18.0 Å². The maximum Gasteiger partial charge on any atom is 0.417 e. The highest BCUT2D eigenvalue weighted by Crippen LogP contribution is 2.31. The van der Waals surface area contributed by atoms with Crippen molar-refractivity contribution in [2.75, 3.05) is 11.4 Å². The first-order valence-electron chi connectivity index (χ1n) is 8.20. The number of rotatable bonds is 2. The third kappa shape index (κ3) is 3.83. The monoisotopic (exact) mass is 358 g/mol. The van der Waals surface area contributed by atoms with Crippen molar-refractivity contribution in [2.24, 2.45) is 5.73 Å². The second-order valence-electron chi connectivity index (χ2n) is 6.09. The summed E-state index contributed by atoms with van der Waals surface area (Å²) in [6.45, 7) is 0.748. The van der Waals surface area contributed by atoms with Crippen LogP contribution in [0.2, 0.25) is 0 Å². The summed E-state index contributed by atoms with van der Waals surface area (Å²) in [5, 5.41) is 0. The molecule has 6 heteroatoms. The quantitative estimate of drug-likeness (QED) is 0.835. The Bertz CT molecular complexity index is 863. The summed E-state index contributed by atoms with van der Waals surface area (Å²) < 4.78 is 39.0. The Kier molecular flexibility index (Phi) is 4.90. The molecule has 0 unspecified atom stereocenters. The zero-order valence-electron chi connectivity index (χ0n) is 13.9. The second kappa shape index (κ2) is 7.12. The molecule has 1 aliphatic heterocycles. The zero-order valence-corrected chi connectivity index (χ0v) is 13.9. The second-order valence-corrected chi connectivity index (χ2v) is 6.09. The molecule has 1 saturated heterocycles. The molecule has 1 heterocycles. The number of hydrogen-bond acceptors (Lipinski definition) is 2. The molecule has 0 radical (unpaired) electrons. The molecule has 0 spiro atoms. The molecule has 0 aliphatic carbocycles. The van der Waals surface area contributed by atoms with Crippen molar-refractivity contribution in [2.45, 2.75) is 25.1 Å². The highest BCUT2D eigenvalue weighted by atomic mass is 19.4. The van der Waals surface area contributed by atoms with Gasteiger partial charge < -0.3 is 10.6 Å². The first kappa shape index (κ1) is 17.9. The van der Waals surface area contributed by atoms with E-state index in [4.69, 9.17) is 5.73 Å².